The minimum atomic E-state index is -1.64. The minimum absolute atomic E-state index is 0.0326. The second-order valence-electron chi connectivity index (χ2n) is 9.48. The molecule has 0 aliphatic heterocycles. The van der Waals surface area contributed by atoms with E-state index in [0.29, 0.717) is 17.3 Å². The highest BCUT2D eigenvalue weighted by Gasteiger charge is 2.36. The number of carbonyl (C=O) groups is 3. The van der Waals surface area contributed by atoms with Gasteiger partial charge in [-0.3, -0.25) is 9.59 Å². The summed E-state index contributed by atoms with van der Waals surface area (Å²) in [6.45, 7) is 8.32. The van der Waals surface area contributed by atoms with Crippen molar-refractivity contribution in [3.63, 3.8) is 0 Å². The first-order valence-electron chi connectivity index (χ1n) is 11.3. The molecule has 0 radical (unpaired) electrons. The van der Waals surface area contributed by atoms with Gasteiger partial charge in [-0.2, -0.15) is 0 Å². The van der Waals surface area contributed by atoms with Crippen LogP contribution in [0.5, 0.6) is 0 Å². The predicted octanol–water partition coefficient (Wildman–Crippen LogP) is 4.68. The molecule has 3 rings (SSSR count). The fourth-order valence-corrected chi connectivity index (χ4v) is 3.97. The van der Waals surface area contributed by atoms with Gasteiger partial charge in [-0.25, -0.2) is 18.0 Å². The lowest BCUT2D eigenvalue weighted by atomic mass is 9.97. The summed E-state index contributed by atoms with van der Waals surface area (Å²) < 4.78 is 46.4. The van der Waals surface area contributed by atoms with Crippen molar-refractivity contribution in [2.24, 2.45) is 0 Å². The molecular formula is C26H28F3N3O4. The predicted molar refractivity (Wildman–Crippen MR) is 128 cm³/mol. The Balaban J connectivity index is 2.24. The number of H-pyrrole nitrogens is 1. The zero-order valence-corrected chi connectivity index (χ0v) is 20.7. The van der Waals surface area contributed by atoms with E-state index in [-0.39, 0.29) is 23.4 Å². The molecule has 2 aromatic carbocycles. The molecule has 1 aromatic heterocycles. The number of halogens is 3. The summed E-state index contributed by atoms with van der Waals surface area (Å²) in [4.78, 5) is 42.8. The topological polar surface area (TPSA) is 91.5 Å². The van der Waals surface area contributed by atoms with Gasteiger partial charge in [0.1, 0.15) is 11.7 Å². The minimum Gasteiger partial charge on any atom is -0.461 e. The Labute approximate surface area is 206 Å². The summed E-state index contributed by atoms with van der Waals surface area (Å²) in [5.74, 6) is -5.87. The maximum atomic E-state index is 13.9. The van der Waals surface area contributed by atoms with Crippen molar-refractivity contribution in [1.29, 1.82) is 0 Å². The van der Waals surface area contributed by atoms with Gasteiger partial charge in [0.05, 0.1) is 6.61 Å². The number of benzene rings is 2. The maximum absolute atomic E-state index is 13.9. The van der Waals surface area contributed by atoms with Crippen molar-refractivity contribution >= 4 is 29.2 Å². The normalized spacial score (nSPS) is 12.3. The number of nitrogens with zero attached hydrogens (tertiary/aromatic N) is 1. The third-order valence-corrected chi connectivity index (χ3v) is 5.37. The highest BCUT2D eigenvalue weighted by Crippen LogP contribution is 2.34. The van der Waals surface area contributed by atoms with Gasteiger partial charge in [-0.05, 0) is 63.9 Å². The van der Waals surface area contributed by atoms with Gasteiger partial charge in [0, 0.05) is 28.6 Å². The number of hydrogen-bond acceptors (Lipinski definition) is 4. The number of rotatable bonds is 8. The van der Waals surface area contributed by atoms with Crippen LogP contribution in [0.1, 0.15) is 60.9 Å². The van der Waals surface area contributed by atoms with Crippen LogP contribution in [0.3, 0.4) is 0 Å². The Bertz CT molecular complexity index is 1290. The van der Waals surface area contributed by atoms with Crippen LogP contribution in [-0.2, 0) is 20.9 Å². The van der Waals surface area contributed by atoms with Crippen LogP contribution in [-0.4, -0.2) is 40.3 Å². The molecule has 0 fully saturated rings. The average molecular weight is 504 g/mol. The van der Waals surface area contributed by atoms with Crippen LogP contribution >= 0.6 is 0 Å². The van der Waals surface area contributed by atoms with Crippen LogP contribution < -0.4 is 5.32 Å². The number of nitrogens with one attached hydrogen (secondary N) is 2. The second kappa shape index (κ2) is 10.4. The van der Waals surface area contributed by atoms with Crippen LogP contribution in [0, 0.1) is 24.4 Å². The summed E-state index contributed by atoms with van der Waals surface area (Å²) in [6.07, 6.45) is 0.341. The number of amides is 2. The van der Waals surface area contributed by atoms with E-state index in [4.69, 9.17) is 4.74 Å². The van der Waals surface area contributed by atoms with Crippen molar-refractivity contribution in [3.05, 3.63) is 70.2 Å². The van der Waals surface area contributed by atoms with E-state index in [1.165, 1.54) is 0 Å². The van der Waals surface area contributed by atoms with Gasteiger partial charge in [0.2, 0.25) is 12.3 Å². The van der Waals surface area contributed by atoms with Gasteiger partial charge in [0.15, 0.2) is 17.5 Å². The SMILES string of the molecule is CCOC(=O)c1[nH]c2cc(C)ccc2c1C(C(=O)NC(C)(C)C)N(C=O)Cc1cc(F)c(F)c(F)c1. The Hall–Kier alpha value is -3.82. The standard InChI is InChI=1S/C26H28F3N3O4/c1-6-36-25(35)22-20(16-8-7-14(2)9-19(16)30-22)23(24(34)31-26(3,4)5)32(13-33)12-15-10-17(27)21(29)18(28)11-15/h7-11,13,23,30H,6,12H2,1-5H3,(H,31,34). The summed E-state index contributed by atoms with van der Waals surface area (Å²) in [7, 11) is 0. The molecule has 2 amide bonds. The van der Waals surface area contributed by atoms with E-state index >= 15 is 0 Å². The number of fused-ring (bicyclic) bond motifs is 1. The Morgan fingerprint density at radius 2 is 1.78 bits per heavy atom. The van der Waals surface area contributed by atoms with E-state index in [0.717, 1.165) is 22.6 Å². The van der Waals surface area contributed by atoms with E-state index in [9.17, 15) is 27.6 Å². The molecule has 3 aromatic rings. The smallest absolute Gasteiger partial charge is 0.355 e. The Morgan fingerprint density at radius 3 is 2.33 bits per heavy atom. The largest absolute Gasteiger partial charge is 0.461 e. The Morgan fingerprint density at radius 1 is 1.14 bits per heavy atom. The van der Waals surface area contributed by atoms with Gasteiger partial charge in [-0.1, -0.05) is 12.1 Å². The van der Waals surface area contributed by atoms with E-state index in [1.807, 2.05) is 6.92 Å². The zero-order chi connectivity index (χ0) is 26.8. The molecule has 1 unspecified atom stereocenters. The highest BCUT2D eigenvalue weighted by atomic mass is 19.2. The molecule has 0 spiro atoms. The van der Waals surface area contributed by atoms with E-state index in [1.54, 1.807) is 45.9 Å². The molecule has 0 aliphatic rings. The molecule has 0 saturated heterocycles. The number of aryl methyl sites for hydroxylation is 1. The van der Waals surface area contributed by atoms with Crippen LogP contribution in [0.15, 0.2) is 30.3 Å². The third-order valence-electron chi connectivity index (χ3n) is 5.37. The van der Waals surface area contributed by atoms with Gasteiger partial charge in [-0.15, -0.1) is 0 Å². The van der Waals surface area contributed by atoms with Crippen molar-refractivity contribution in [1.82, 2.24) is 15.2 Å². The fraction of sp³-hybridized carbons (Fsp3) is 0.346. The molecule has 2 N–H and O–H groups in total. The Kier molecular flexibility index (Phi) is 7.76. The molecule has 10 heteroatoms. The maximum Gasteiger partial charge on any atom is 0.355 e. The first-order chi connectivity index (χ1) is 16.9. The van der Waals surface area contributed by atoms with E-state index in [2.05, 4.69) is 10.3 Å². The molecule has 36 heavy (non-hydrogen) atoms. The quantitative estimate of drug-likeness (QED) is 0.265. The highest BCUT2D eigenvalue weighted by molar-refractivity contribution is 6.02. The molecule has 0 saturated carbocycles. The summed E-state index contributed by atoms with van der Waals surface area (Å²) in [5, 5.41) is 3.29. The molecule has 192 valence electrons. The van der Waals surface area contributed by atoms with E-state index < -0.39 is 47.5 Å². The lowest BCUT2D eigenvalue weighted by Gasteiger charge is -2.31. The number of ether oxygens (including phenoxy) is 1. The summed E-state index contributed by atoms with van der Waals surface area (Å²) in [5.41, 5.74) is 0.748. The third kappa shape index (κ3) is 5.69. The second-order valence-corrected chi connectivity index (χ2v) is 9.48. The summed E-state index contributed by atoms with van der Waals surface area (Å²) in [6, 6.07) is 5.36. The lowest BCUT2D eigenvalue weighted by molar-refractivity contribution is -0.134. The number of hydrogen-bond donors (Lipinski definition) is 2. The lowest BCUT2D eigenvalue weighted by Crippen LogP contribution is -2.47. The van der Waals surface area contributed by atoms with Crippen LogP contribution in [0.25, 0.3) is 10.9 Å². The molecule has 1 heterocycles. The van der Waals surface area contributed by atoms with Crippen LogP contribution in [0.4, 0.5) is 13.2 Å². The number of aromatic nitrogens is 1. The molecule has 7 nitrogen and oxygen atoms in total. The van der Waals surface area contributed by atoms with Crippen molar-refractivity contribution in [2.45, 2.75) is 52.7 Å². The number of carbonyl (C=O) groups excluding carboxylic acids is 3. The number of esters is 1. The molecule has 1 atom stereocenters. The number of aromatic amines is 1. The van der Waals surface area contributed by atoms with Gasteiger partial charge >= 0.3 is 5.97 Å². The average Bonchev–Trinajstić information content (AvgIpc) is 3.14. The van der Waals surface area contributed by atoms with Gasteiger partial charge in [0.25, 0.3) is 0 Å². The monoisotopic (exact) mass is 503 g/mol. The molecule has 0 bridgehead atoms. The zero-order valence-electron chi connectivity index (χ0n) is 20.7. The van der Waals surface area contributed by atoms with Crippen molar-refractivity contribution in [3.8, 4) is 0 Å². The molecule has 0 aliphatic carbocycles. The van der Waals surface area contributed by atoms with Crippen LogP contribution in [0.2, 0.25) is 0 Å². The molecular weight excluding hydrogens is 475 g/mol. The van der Waals surface area contributed by atoms with Gasteiger partial charge < -0.3 is 19.9 Å². The first kappa shape index (κ1) is 26.8. The fourth-order valence-electron chi connectivity index (χ4n) is 3.97. The van der Waals surface area contributed by atoms with Crippen molar-refractivity contribution in [2.75, 3.05) is 6.61 Å². The van der Waals surface area contributed by atoms with Crippen molar-refractivity contribution < 1.29 is 32.3 Å². The first-order valence-corrected chi connectivity index (χ1v) is 11.3. The summed E-state index contributed by atoms with van der Waals surface area (Å²) >= 11 is 0.